The molecule has 4 fully saturated rings. The maximum absolute atomic E-state index is 14.0. The van der Waals surface area contributed by atoms with Gasteiger partial charge in [0.05, 0.1) is 42.9 Å². The number of hydrogen-bond donors (Lipinski definition) is 1. The number of thioether (sulfide) groups is 1. The maximum Gasteiger partial charge on any atom is 0.305 e. The molecule has 6 unspecified atom stereocenters. The number of ether oxygens (including phenoxy) is 3. The van der Waals surface area contributed by atoms with Crippen LogP contribution in [0.15, 0.2) is 58.4 Å². The lowest BCUT2D eigenvalue weighted by atomic mass is 9.68. The number of imide groups is 1. The summed E-state index contributed by atoms with van der Waals surface area (Å²) in [6.45, 7) is 2.02. The quantitative estimate of drug-likeness (QED) is 0.411. The largest absolute Gasteiger partial charge is 0.497 e. The molecular formula is C32H31N3O7S2. The Balaban J connectivity index is 1.14. The van der Waals surface area contributed by atoms with Crippen molar-refractivity contribution in [3.63, 3.8) is 0 Å². The van der Waals surface area contributed by atoms with E-state index < -0.39 is 5.92 Å². The number of anilines is 1. The van der Waals surface area contributed by atoms with E-state index in [1.807, 2.05) is 24.3 Å². The van der Waals surface area contributed by atoms with E-state index in [-0.39, 0.29) is 64.0 Å². The first-order valence-electron chi connectivity index (χ1n) is 14.9. The number of amides is 3. The van der Waals surface area contributed by atoms with Crippen molar-refractivity contribution in [1.82, 2.24) is 9.88 Å². The van der Waals surface area contributed by atoms with Gasteiger partial charge in [0.15, 0.2) is 6.61 Å². The zero-order valence-corrected chi connectivity index (χ0v) is 25.6. The third-order valence-corrected chi connectivity index (χ3v) is 12.6. The normalized spacial score (nSPS) is 30.2. The molecule has 44 heavy (non-hydrogen) atoms. The first-order valence-corrected chi connectivity index (χ1v) is 16.6. The molecule has 1 N–H and O–H groups in total. The lowest BCUT2D eigenvalue weighted by Crippen LogP contribution is -2.43. The molecule has 2 bridgehead atoms. The van der Waals surface area contributed by atoms with Gasteiger partial charge in [-0.3, -0.25) is 24.1 Å². The van der Waals surface area contributed by atoms with E-state index in [4.69, 9.17) is 14.2 Å². The Morgan fingerprint density at radius 3 is 2.48 bits per heavy atom. The number of fused-ring (bicyclic) bond motifs is 9. The molecule has 7 atom stereocenters. The number of thiazole rings is 1. The number of carbonyl (C=O) groups is 3. The Kier molecular flexibility index (Phi) is 6.84. The van der Waals surface area contributed by atoms with Gasteiger partial charge in [-0.05, 0) is 54.5 Å². The topological polar surface area (TPSA) is 118 Å². The molecule has 2 aliphatic carbocycles. The van der Waals surface area contributed by atoms with Crippen molar-refractivity contribution >= 4 is 46.5 Å². The minimum absolute atomic E-state index is 0.00901. The van der Waals surface area contributed by atoms with Crippen LogP contribution in [0.25, 0.3) is 0 Å². The summed E-state index contributed by atoms with van der Waals surface area (Å²) in [5, 5.41) is 0.887. The van der Waals surface area contributed by atoms with Gasteiger partial charge in [0, 0.05) is 34.7 Å². The van der Waals surface area contributed by atoms with Crippen molar-refractivity contribution in [1.29, 1.82) is 0 Å². The molecule has 4 heterocycles. The van der Waals surface area contributed by atoms with Gasteiger partial charge < -0.3 is 24.1 Å². The summed E-state index contributed by atoms with van der Waals surface area (Å²) in [5.74, 6) is -0.103. The van der Waals surface area contributed by atoms with Gasteiger partial charge in [0.1, 0.15) is 11.5 Å². The van der Waals surface area contributed by atoms with Crippen LogP contribution >= 0.6 is 23.1 Å². The van der Waals surface area contributed by atoms with E-state index in [0.717, 1.165) is 21.9 Å². The van der Waals surface area contributed by atoms with Crippen LogP contribution in [0.5, 0.6) is 11.5 Å². The van der Waals surface area contributed by atoms with Gasteiger partial charge in [-0.15, -0.1) is 11.8 Å². The number of methoxy groups -OCH3 is 1. The Morgan fingerprint density at radius 1 is 1.00 bits per heavy atom. The van der Waals surface area contributed by atoms with Crippen LogP contribution in [0, 0.1) is 29.6 Å². The summed E-state index contributed by atoms with van der Waals surface area (Å²) < 4.78 is 16.9. The molecule has 0 spiro atoms. The minimum Gasteiger partial charge on any atom is -0.497 e. The van der Waals surface area contributed by atoms with Gasteiger partial charge in [0.25, 0.3) is 5.91 Å². The van der Waals surface area contributed by atoms with Gasteiger partial charge in [-0.25, -0.2) is 0 Å². The number of para-hydroxylation sites is 1. The van der Waals surface area contributed by atoms with Crippen LogP contribution in [-0.2, 0) is 19.1 Å². The van der Waals surface area contributed by atoms with Crippen molar-refractivity contribution in [3.05, 3.63) is 68.6 Å². The summed E-state index contributed by atoms with van der Waals surface area (Å²) in [5.41, 5.74) is 1.47. The molecule has 0 radical (unpaired) electrons. The van der Waals surface area contributed by atoms with E-state index in [1.165, 1.54) is 16.2 Å². The maximum atomic E-state index is 14.0. The highest BCUT2D eigenvalue weighted by Crippen LogP contribution is 2.69. The number of H-pyrrole nitrogens is 1. The molecule has 2 aromatic carbocycles. The standard InChI is InChI=1S/C32H31N3O7S2/c1-40-17-8-6-16(7-9-17)35-30(37)25-19-14-20(26(25)31(35)38)27-24(19)23(28-29(43-27)33-32(39)44-28)18-4-2-3-5-21(18)42-15-22(36)34-10-12-41-13-11-34/h2-9,19-20,23-27H,10-15H2,1H3,(H,33,39)/t19?,20?,23-,24?,25?,26?,27?/m1/s1. The Morgan fingerprint density at radius 2 is 1.73 bits per heavy atom. The second kappa shape index (κ2) is 10.8. The summed E-state index contributed by atoms with van der Waals surface area (Å²) in [6.07, 6.45) is 0.791. The molecular weight excluding hydrogens is 603 g/mol. The van der Waals surface area contributed by atoms with Crippen molar-refractivity contribution in [3.8, 4) is 11.5 Å². The first kappa shape index (κ1) is 27.9. The van der Waals surface area contributed by atoms with E-state index in [2.05, 4.69) is 4.98 Å². The van der Waals surface area contributed by atoms with Crippen LogP contribution < -0.4 is 19.2 Å². The second-order valence-corrected chi connectivity index (χ2v) is 14.2. The monoisotopic (exact) mass is 633 g/mol. The van der Waals surface area contributed by atoms with Crippen LogP contribution in [0.2, 0.25) is 0 Å². The molecule has 12 heteroatoms. The molecule has 228 valence electrons. The van der Waals surface area contributed by atoms with Gasteiger partial charge in [-0.1, -0.05) is 29.5 Å². The molecule has 3 amide bonds. The van der Waals surface area contributed by atoms with E-state index in [1.54, 1.807) is 48.0 Å². The third-order valence-electron chi connectivity index (χ3n) is 10.0. The molecule has 2 saturated heterocycles. The van der Waals surface area contributed by atoms with Crippen molar-refractivity contribution < 1.29 is 28.6 Å². The molecule has 5 aliphatic rings. The van der Waals surface area contributed by atoms with Crippen LogP contribution in [0.3, 0.4) is 0 Å². The molecule has 8 rings (SSSR count). The van der Waals surface area contributed by atoms with Crippen molar-refractivity contribution in [2.45, 2.75) is 22.6 Å². The Labute approximate surface area is 261 Å². The highest BCUT2D eigenvalue weighted by molar-refractivity contribution is 8.00. The number of aromatic nitrogens is 1. The van der Waals surface area contributed by atoms with Gasteiger partial charge in [0.2, 0.25) is 11.8 Å². The summed E-state index contributed by atoms with van der Waals surface area (Å²) in [6, 6.07) is 14.8. The average molecular weight is 634 g/mol. The van der Waals surface area contributed by atoms with Crippen LogP contribution in [0.4, 0.5) is 5.69 Å². The smallest absolute Gasteiger partial charge is 0.305 e. The number of aromatic amines is 1. The minimum atomic E-state index is -0.410. The number of nitrogens with zero attached hydrogens (tertiary/aromatic N) is 2. The number of nitrogens with one attached hydrogen (secondary N) is 1. The summed E-state index contributed by atoms with van der Waals surface area (Å²) in [4.78, 5) is 60.5. The average Bonchev–Trinajstić information content (AvgIpc) is 3.79. The first-order chi connectivity index (χ1) is 21.4. The molecule has 3 aromatic rings. The van der Waals surface area contributed by atoms with Crippen LogP contribution in [0.1, 0.15) is 22.8 Å². The van der Waals surface area contributed by atoms with E-state index >= 15 is 0 Å². The highest BCUT2D eigenvalue weighted by Gasteiger charge is 2.69. The van der Waals surface area contributed by atoms with Gasteiger partial charge >= 0.3 is 4.87 Å². The lowest BCUT2D eigenvalue weighted by Gasteiger charge is -2.43. The zero-order chi connectivity index (χ0) is 30.1. The Bertz CT molecular complexity index is 1700. The van der Waals surface area contributed by atoms with Crippen molar-refractivity contribution in [2.75, 3.05) is 44.9 Å². The fourth-order valence-electron chi connectivity index (χ4n) is 8.26. The predicted molar refractivity (Wildman–Crippen MR) is 163 cm³/mol. The summed E-state index contributed by atoms with van der Waals surface area (Å²) >= 11 is 2.85. The van der Waals surface area contributed by atoms with Crippen LogP contribution in [-0.4, -0.2) is 72.9 Å². The molecule has 2 saturated carbocycles. The zero-order valence-electron chi connectivity index (χ0n) is 24.0. The molecule has 3 aliphatic heterocycles. The number of benzene rings is 2. The fraction of sp³-hybridized carbons (Fsp3) is 0.438. The number of carbonyl (C=O) groups excluding carboxylic acids is 3. The number of hydrogen-bond acceptors (Lipinski definition) is 9. The molecule has 10 nitrogen and oxygen atoms in total. The van der Waals surface area contributed by atoms with Crippen molar-refractivity contribution in [2.24, 2.45) is 29.6 Å². The predicted octanol–water partition coefficient (Wildman–Crippen LogP) is 3.36. The van der Waals surface area contributed by atoms with E-state index in [9.17, 15) is 19.2 Å². The Hall–Kier alpha value is -3.61. The second-order valence-electron chi connectivity index (χ2n) is 12.0. The third kappa shape index (κ3) is 4.25. The number of morpholine rings is 1. The SMILES string of the molecule is COc1ccc(N2C(=O)C3C4CC(C3C2=O)C2C4Sc3[nH]c(=O)sc3[C@@H]2c2ccccc2OCC(=O)N2CCOCC2)cc1. The van der Waals surface area contributed by atoms with E-state index in [0.29, 0.717) is 43.5 Å². The summed E-state index contributed by atoms with van der Waals surface area (Å²) in [7, 11) is 1.58. The number of rotatable bonds is 6. The molecule has 1 aromatic heterocycles. The highest BCUT2D eigenvalue weighted by atomic mass is 32.2. The fourth-order valence-corrected chi connectivity index (χ4v) is 11.1. The lowest BCUT2D eigenvalue weighted by molar-refractivity contribution is -0.137. The van der Waals surface area contributed by atoms with Gasteiger partial charge in [-0.2, -0.15) is 0 Å².